The fraction of sp³-hybridized carbons (Fsp3) is 0. The van der Waals surface area contributed by atoms with E-state index in [2.05, 4.69) is 10.6 Å². The summed E-state index contributed by atoms with van der Waals surface area (Å²) in [4.78, 5) is -1.38. The Balaban J connectivity index is 1.83. The van der Waals surface area contributed by atoms with Crippen molar-refractivity contribution in [1.29, 1.82) is 0 Å². The molecule has 4 aromatic rings. The van der Waals surface area contributed by atoms with Crippen molar-refractivity contribution in [2.24, 2.45) is 0 Å². The molecule has 10 nitrogen and oxygen atoms in total. The lowest BCUT2D eigenvalue weighted by molar-refractivity contribution is 0.473. The minimum absolute atomic E-state index is 0.243. The van der Waals surface area contributed by atoms with Gasteiger partial charge in [-0.05, 0) is 35.1 Å². The number of aromatic hydroxyl groups is 2. The summed E-state index contributed by atoms with van der Waals surface area (Å²) in [6, 6.07) is 14.7. The number of anilines is 2. The van der Waals surface area contributed by atoms with Crippen LogP contribution in [0.3, 0.4) is 0 Å². The van der Waals surface area contributed by atoms with Crippen LogP contribution in [0.5, 0.6) is 11.5 Å². The molecule has 0 bridgehead atoms. The minimum Gasteiger partial charge on any atom is -0.505 e. The van der Waals surface area contributed by atoms with Gasteiger partial charge in [0, 0.05) is 10.8 Å². The smallest absolute Gasteiger partial charge is 0.296 e. The summed E-state index contributed by atoms with van der Waals surface area (Å²) in [5.41, 5.74) is -0.959. The molecule has 0 radical (unpaired) electrons. The highest BCUT2D eigenvalue weighted by atomic mass is 32.2. The average Bonchev–Trinajstić information content (AvgIpc) is 2.76. The lowest BCUT2D eigenvalue weighted by atomic mass is 10.1. The molecule has 0 fully saturated rings. The molecular weight excluding hydrogens is 504 g/mol. The van der Waals surface area contributed by atoms with Crippen molar-refractivity contribution in [1.82, 2.24) is 0 Å². The normalized spacial score (nSPS) is 12.1. The first-order valence-corrected chi connectivity index (χ1v) is 12.7. The molecule has 0 aliphatic rings. The summed E-state index contributed by atoms with van der Waals surface area (Å²) in [7, 11) is -9.66. The Hall–Kier alpha value is -3.49. The number of fused-ring (bicyclic) bond motifs is 2. The largest absolute Gasteiger partial charge is 0.505 e. The Labute approximate surface area is 199 Å². The number of phenols is 2. The first kappa shape index (κ1) is 23.7. The predicted molar refractivity (Wildman–Crippen MR) is 131 cm³/mol. The summed E-state index contributed by atoms with van der Waals surface area (Å²) in [6.07, 6.45) is 0. The van der Waals surface area contributed by atoms with Crippen LogP contribution in [-0.2, 0) is 20.2 Å². The van der Waals surface area contributed by atoms with E-state index in [4.69, 9.17) is 12.2 Å². The van der Waals surface area contributed by atoms with Crippen LogP contribution in [0.4, 0.5) is 11.4 Å². The van der Waals surface area contributed by atoms with Crippen molar-refractivity contribution >= 4 is 70.5 Å². The second-order valence-corrected chi connectivity index (χ2v) is 10.4. The Morgan fingerprint density at radius 1 is 0.676 bits per heavy atom. The van der Waals surface area contributed by atoms with Gasteiger partial charge < -0.3 is 20.8 Å². The Morgan fingerprint density at radius 2 is 1.03 bits per heavy atom. The molecule has 0 saturated carbocycles. The summed E-state index contributed by atoms with van der Waals surface area (Å²) in [5, 5.41) is 26.9. The minimum atomic E-state index is -4.83. The summed E-state index contributed by atoms with van der Waals surface area (Å²) in [5.74, 6) is -1.10. The van der Waals surface area contributed by atoms with E-state index in [0.717, 1.165) is 12.1 Å². The van der Waals surface area contributed by atoms with E-state index in [1.807, 2.05) is 0 Å². The molecule has 0 saturated heterocycles. The third-order valence-electron chi connectivity index (χ3n) is 5.00. The van der Waals surface area contributed by atoms with E-state index in [9.17, 15) is 36.2 Å². The molecule has 0 aliphatic carbocycles. The molecule has 0 unspecified atom stereocenters. The molecule has 0 amide bonds. The van der Waals surface area contributed by atoms with Crippen LogP contribution in [0.1, 0.15) is 0 Å². The summed E-state index contributed by atoms with van der Waals surface area (Å²) >= 11 is 5.15. The molecule has 4 rings (SSSR count). The van der Waals surface area contributed by atoms with Crippen LogP contribution in [-0.4, -0.2) is 41.3 Å². The predicted octanol–water partition coefficient (Wildman–Crippen LogP) is 3.71. The fourth-order valence-electron chi connectivity index (χ4n) is 3.51. The number of benzene rings is 4. The Morgan fingerprint density at radius 3 is 1.38 bits per heavy atom. The maximum absolute atomic E-state index is 12.0. The third-order valence-corrected chi connectivity index (χ3v) is 6.96. The summed E-state index contributed by atoms with van der Waals surface area (Å²) in [6.45, 7) is 0. The number of rotatable bonds is 4. The van der Waals surface area contributed by atoms with Gasteiger partial charge in [0.25, 0.3) is 20.2 Å². The van der Waals surface area contributed by atoms with E-state index >= 15 is 0 Å². The van der Waals surface area contributed by atoms with Crippen molar-refractivity contribution in [3.05, 3.63) is 60.7 Å². The molecule has 176 valence electrons. The summed E-state index contributed by atoms with van der Waals surface area (Å²) < 4.78 is 67.2. The standard InChI is InChI=1S/C21H16N2O8S3/c24-19-13-7-3-1-5-11(13)9-15(33(26,27)28)17(19)22-21(32)23-18-16(34(29,30)31)10-12-6-2-4-8-14(12)20(18)25/h1-10,24-25H,(H2,22,23,32)(H,26,27,28)(H,29,30,31). The van der Waals surface area contributed by atoms with Gasteiger partial charge in [-0.2, -0.15) is 16.8 Å². The zero-order valence-corrected chi connectivity index (χ0v) is 19.4. The number of hydrogen-bond donors (Lipinski definition) is 6. The van der Waals surface area contributed by atoms with Crippen molar-refractivity contribution < 1.29 is 36.2 Å². The van der Waals surface area contributed by atoms with Crippen LogP contribution < -0.4 is 10.6 Å². The molecule has 4 aromatic carbocycles. The highest BCUT2D eigenvalue weighted by Gasteiger charge is 2.25. The van der Waals surface area contributed by atoms with Gasteiger partial charge in [-0.1, -0.05) is 48.5 Å². The molecule has 0 aromatic heterocycles. The fourth-order valence-corrected chi connectivity index (χ4v) is 5.08. The van der Waals surface area contributed by atoms with Crippen LogP contribution in [0.25, 0.3) is 21.5 Å². The lowest BCUT2D eigenvalue weighted by Gasteiger charge is -2.18. The maximum Gasteiger partial charge on any atom is 0.296 e. The number of hydrogen-bond acceptors (Lipinski definition) is 7. The maximum atomic E-state index is 12.0. The van der Waals surface area contributed by atoms with Crippen molar-refractivity contribution in [2.45, 2.75) is 9.79 Å². The molecule has 0 aliphatic heterocycles. The van der Waals surface area contributed by atoms with Crippen LogP contribution in [0.2, 0.25) is 0 Å². The second-order valence-electron chi connectivity index (χ2n) is 7.17. The Kier molecular flexibility index (Phi) is 5.83. The third kappa shape index (κ3) is 4.34. The molecule has 0 spiro atoms. The van der Waals surface area contributed by atoms with E-state index in [0.29, 0.717) is 10.8 Å². The van der Waals surface area contributed by atoms with Gasteiger partial charge in [0.15, 0.2) is 5.11 Å². The van der Waals surface area contributed by atoms with Crippen molar-refractivity contribution in [3.63, 3.8) is 0 Å². The SMILES string of the molecule is O=S(=O)(O)c1cc2ccccc2c(O)c1NC(=S)Nc1c(S(=O)(=O)O)cc2ccccc2c1O. The highest BCUT2D eigenvalue weighted by Crippen LogP contribution is 2.40. The van der Waals surface area contributed by atoms with E-state index in [1.54, 1.807) is 24.3 Å². The lowest BCUT2D eigenvalue weighted by Crippen LogP contribution is -2.22. The number of nitrogens with one attached hydrogen (secondary N) is 2. The van der Waals surface area contributed by atoms with Gasteiger partial charge >= 0.3 is 0 Å². The number of phenolic OH excluding ortho intramolecular Hbond substituents is 2. The molecular formula is C21H16N2O8S3. The molecule has 13 heteroatoms. The molecule has 34 heavy (non-hydrogen) atoms. The molecule has 0 atom stereocenters. The van der Waals surface area contributed by atoms with E-state index < -0.39 is 58.0 Å². The van der Waals surface area contributed by atoms with Gasteiger partial charge in [0.05, 0.1) is 0 Å². The number of thiocarbonyl (C=S) groups is 1. The van der Waals surface area contributed by atoms with Crippen LogP contribution in [0.15, 0.2) is 70.5 Å². The van der Waals surface area contributed by atoms with Crippen molar-refractivity contribution in [3.8, 4) is 11.5 Å². The zero-order valence-electron chi connectivity index (χ0n) is 16.9. The average molecular weight is 521 g/mol. The first-order chi connectivity index (χ1) is 15.9. The van der Waals surface area contributed by atoms with Gasteiger partial charge in [0.2, 0.25) is 0 Å². The first-order valence-electron chi connectivity index (χ1n) is 9.40. The van der Waals surface area contributed by atoms with E-state index in [-0.39, 0.29) is 10.8 Å². The van der Waals surface area contributed by atoms with Gasteiger partial charge in [0.1, 0.15) is 32.7 Å². The topological polar surface area (TPSA) is 173 Å². The van der Waals surface area contributed by atoms with Gasteiger partial charge in [-0.15, -0.1) is 0 Å². The molecule has 6 N–H and O–H groups in total. The zero-order chi connectivity index (χ0) is 24.8. The quantitative estimate of drug-likeness (QED) is 0.131. The van der Waals surface area contributed by atoms with Crippen molar-refractivity contribution in [2.75, 3.05) is 10.6 Å². The van der Waals surface area contributed by atoms with Crippen LogP contribution in [0, 0.1) is 0 Å². The Bertz CT molecular complexity index is 1580. The van der Waals surface area contributed by atoms with E-state index in [1.165, 1.54) is 24.3 Å². The highest BCUT2D eigenvalue weighted by molar-refractivity contribution is 7.86. The second kappa shape index (κ2) is 8.38. The monoisotopic (exact) mass is 520 g/mol. The van der Waals surface area contributed by atoms with Crippen LogP contribution >= 0.6 is 12.2 Å². The van der Waals surface area contributed by atoms with Gasteiger partial charge in [-0.3, -0.25) is 9.11 Å². The van der Waals surface area contributed by atoms with Gasteiger partial charge in [-0.25, -0.2) is 0 Å². The molecule has 0 heterocycles.